The molecule has 0 aromatic heterocycles. The zero-order valence-corrected chi connectivity index (χ0v) is 23.1. The molecule has 2 aromatic rings. The Morgan fingerprint density at radius 3 is 1.56 bits per heavy atom. The van der Waals surface area contributed by atoms with Gasteiger partial charge >= 0.3 is 6.18 Å². The average molecular weight is 571 g/mol. The summed E-state index contributed by atoms with van der Waals surface area (Å²) in [6.07, 6.45) is 1.42. The van der Waals surface area contributed by atoms with E-state index < -0.39 is 17.6 Å². The molecule has 7 rings (SSSR count). The Bertz CT molecular complexity index is 1400. The minimum Gasteiger partial charge on any atom is -0.299 e. The molecule has 2 nitrogen and oxygen atoms in total. The van der Waals surface area contributed by atoms with Crippen molar-refractivity contribution in [3.63, 3.8) is 0 Å². The molecule has 0 spiro atoms. The zero-order chi connectivity index (χ0) is 28.8. The quantitative estimate of drug-likeness (QED) is 0.340. The maximum absolute atomic E-state index is 13.9. The van der Waals surface area contributed by atoms with Crippen LogP contribution >= 0.6 is 0 Å². The number of carbonyl (C=O) groups is 2. The lowest BCUT2D eigenvalue weighted by atomic mass is 9.63. The molecule has 0 radical (unpaired) electrons. The summed E-state index contributed by atoms with van der Waals surface area (Å²) in [4.78, 5) is 27.6. The summed E-state index contributed by atoms with van der Waals surface area (Å²) < 4.78 is 67.8. The maximum atomic E-state index is 13.9. The summed E-state index contributed by atoms with van der Waals surface area (Å²) in [6.45, 7) is 1.77. The summed E-state index contributed by atoms with van der Waals surface area (Å²) in [5.74, 6) is -0.180. The molecule has 2 aromatic carbocycles. The van der Waals surface area contributed by atoms with E-state index in [-0.39, 0.29) is 64.9 Å². The van der Waals surface area contributed by atoms with E-state index in [1.165, 1.54) is 12.1 Å². The number of carbonyl (C=O) groups excluding carboxylic acids is 2. The van der Waals surface area contributed by atoms with Gasteiger partial charge in [0.25, 0.3) is 0 Å². The van der Waals surface area contributed by atoms with E-state index in [9.17, 15) is 31.5 Å². The van der Waals surface area contributed by atoms with Gasteiger partial charge in [0.1, 0.15) is 23.2 Å². The highest BCUT2D eigenvalue weighted by Crippen LogP contribution is 2.62. The van der Waals surface area contributed by atoms with Crippen LogP contribution in [-0.2, 0) is 15.8 Å². The standard InChI is InChI=1S/C34H35F5O2/c1-16-10-17(4-8-30(16)35)18-2-6-21-23-14-28-24(15-27(23)32(40)25(21)11-18)22-7-3-19(12-26(22)33(28)41)20-5-9-31(36)29(13-20)34(37,38)39/h4-5,8-10,13,18-19,21-28H,2-3,6-7,11-12,14-15H2,1H3. The number of aryl methyl sites for hydroxylation is 1. The van der Waals surface area contributed by atoms with E-state index in [1.54, 1.807) is 6.92 Å². The van der Waals surface area contributed by atoms with Crippen molar-refractivity contribution in [2.45, 2.75) is 76.3 Å². The van der Waals surface area contributed by atoms with Crippen molar-refractivity contribution in [2.24, 2.45) is 47.3 Å². The van der Waals surface area contributed by atoms with Crippen LogP contribution in [0.2, 0.25) is 0 Å². The number of benzene rings is 2. The number of alkyl halides is 3. The van der Waals surface area contributed by atoms with Gasteiger partial charge in [0.15, 0.2) is 0 Å². The Morgan fingerprint density at radius 1 is 0.610 bits per heavy atom. The van der Waals surface area contributed by atoms with E-state index in [0.29, 0.717) is 35.7 Å². The Hall–Kier alpha value is -2.57. The molecule has 7 heteroatoms. The van der Waals surface area contributed by atoms with Gasteiger partial charge in [-0.2, -0.15) is 13.2 Å². The third-order valence-electron chi connectivity index (χ3n) is 11.9. The molecule has 10 unspecified atom stereocenters. The van der Waals surface area contributed by atoms with Crippen molar-refractivity contribution in [2.75, 3.05) is 0 Å². The van der Waals surface area contributed by atoms with Crippen LogP contribution in [0.25, 0.3) is 0 Å². The van der Waals surface area contributed by atoms with Crippen LogP contribution in [0, 0.1) is 65.9 Å². The molecule has 218 valence electrons. The normalized spacial score (nSPS) is 38.3. The summed E-state index contributed by atoms with van der Waals surface area (Å²) in [6, 6.07) is 8.57. The van der Waals surface area contributed by atoms with E-state index in [0.717, 1.165) is 56.2 Å². The van der Waals surface area contributed by atoms with Gasteiger partial charge in [-0.25, -0.2) is 8.78 Å². The first-order valence-electron chi connectivity index (χ1n) is 15.2. The van der Waals surface area contributed by atoms with Crippen molar-refractivity contribution in [1.82, 2.24) is 0 Å². The Labute approximate surface area is 237 Å². The summed E-state index contributed by atoms with van der Waals surface area (Å²) in [7, 11) is 0. The first kappa shape index (κ1) is 27.3. The largest absolute Gasteiger partial charge is 0.419 e. The highest BCUT2D eigenvalue weighted by molar-refractivity contribution is 5.90. The van der Waals surface area contributed by atoms with Crippen LogP contribution in [0.1, 0.15) is 85.5 Å². The van der Waals surface area contributed by atoms with Crippen LogP contribution in [0.4, 0.5) is 22.0 Å². The van der Waals surface area contributed by atoms with Gasteiger partial charge in [-0.1, -0.05) is 18.2 Å². The van der Waals surface area contributed by atoms with Gasteiger partial charge in [-0.15, -0.1) is 0 Å². The van der Waals surface area contributed by atoms with E-state index in [2.05, 4.69) is 0 Å². The number of rotatable bonds is 2. The fraction of sp³-hybridized carbons (Fsp3) is 0.588. The Kier molecular flexibility index (Phi) is 6.48. The minimum absolute atomic E-state index is 0.00401. The van der Waals surface area contributed by atoms with Crippen molar-refractivity contribution < 1.29 is 31.5 Å². The topological polar surface area (TPSA) is 34.1 Å². The number of hydrogen-bond donors (Lipinski definition) is 0. The molecule has 41 heavy (non-hydrogen) atoms. The van der Waals surface area contributed by atoms with E-state index in [1.807, 2.05) is 12.1 Å². The molecule has 0 bridgehead atoms. The molecule has 0 amide bonds. The highest BCUT2D eigenvalue weighted by Gasteiger charge is 2.61. The number of halogens is 5. The third kappa shape index (κ3) is 4.39. The number of fused-ring (bicyclic) bond motifs is 6. The first-order chi connectivity index (χ1) is 19.5. The Balaban J connectivity index is 1.07. The van der Waals surface area contributed by atoms with Gasteiger partial charge in [0, 0.05) is 23.7 Å². The molecule has 0 aliphatic heterocycles. The maximum Gasteiger partial charge on any atom is 0.419 e. The van der Waals surface area contributed by atoms with Crippen molar-refractivity contribution in [1.29, 1.82) is 0 Å². The average Bonchev–Trinajstić information content (AvgIpc) is 3.38. The van der Waals surface area contributed by atoms with Crippen molar-refractivity contribution in [3.8, 4) is 0 Å². The predicted molar refractivity (Wildman–Crippen MR) is 143 cm³/mol. The van der Waals surface area contributed by atoms with Crippen LogP contribution in [0.5, 0.6) is 0 Å². The predicted octanol–water partition coefficient (Wildman–Crippen LogP) is 8.42. The second kappa shape index (κ2) is 9.74. The second-order valence-electron chi connectivity index (χ2n) is 13.6. The van der Waals surface area contributed by atoms with Gasteiger partial charge in [-0.3, -0.25) is 9.59 Å². The van der Waals surface area contributed by atoms with Gasteiger partial charge in [-0.05, 0) is 129 Å². The van der Waals surface area contributed by atoms with Crippen LogP contribution in [0.15, 0.2) is 36.4 Å². The molecule has 0 N–H and O–H groups in total. The lowest BCUT2D eigenvalue weighted by molar-refractivity contribution is -0.140. The summed E-state index contributed by atoms with van der Waals surface area (Å²) in [5, 5.41) is 0. The SMILES string of the molecule is Cc1cc(C2CCC3C(C2)C(=O)C2CC4C(CC23)C(=O)C2CC(c3ccc(F)c(C(F)(F)F)c3)CCC24)ccc1F. The molecule has 5 fully saturated rings. The highest BCUT2D eigenvalue weighted by atomic mass is 19.4. The molecule has 0 saturated heterocycles. The van der Waals surface area contributed by atoms with Crippen LogP contribution < -0.4 is 0 Å². The molecule has 5 saturated carbocycles. The second-order valence-corrected chi connectivity index (χ2v) is 13.6. The molecule has 5 aliphatic carbocycles. The summed E-state index contributed by atoms with van der Waals surface area (Å²) >= 11 is 0. The van der Waals surface area contributed by atoms with Crippen molar-refractivity contribution >= 4 is 11.6 Å². The Morgan fingerprint density at radius 2 is 1.07 bits per heavy atom. The van der Waals surface area contributed by atoms with E-state index >= 15 is 0 Å². The number of ketones is 2. The molecular weight excluding hydrogens is 535 g/mol. The lowest BCUT2D eigenvalue weighted by Crippen LogP contribution is -2.35. The van der Waals surface area contributed by atoms with Gasteiger partial charge < -0.3 is 0 Å². The fourth-order valence-corrected chi connectivity index (χ4v) is 10.0. The molecule has 10 atom stereocenters. The monoisotopic (exact) mass is 570 g/mol. The van der Waals surface area contributed by atoms with E-state index in [4.69, 9.17) is 0 Å². The fourth-order valence-electron chi connectivity index (χ4n) is 10.0. The van der Waals surface area contributed by atoms with Crippen molar-refractivity contribution in [3.05, 3.63) is 70.3 Å². The first-order valence-corrected chi connectivity index (χ1v) is 15.2. The third-order valence-corrected chi connectivity index (χ3v) is 11.9. The smallest absolute Gasteiger partial charge is 0.299 e. The van der Waals surface area contributed by atoms with Gasteiger partial charge in [0.05, 0.1) is 5.56 Å². The molecule has 5 aliphatic rings. The number of hydrogen-bond acceptors (Lipinski definition) is 2. The lowest BCUT2D eigenvalue weighted by Gasteiger charge is -2.40. The van der Waals surface area contributed by atoms with Crippen LogP contribution in [-0.4, -0.2) is 11.6 Å². The minimum atomic E-state index is -4.76. The zero-order valence-electron chi connectivity index (χ0n) is 23.1. The molecular formula is C34H35F5O2. The number of Topliss-reactive ketones (excluding diaryl/α,β-unsaturated/α-hetero) is 2. The summed E-state index contributed by atoms with van der Waals surface area (Å²) in [5.41, 5.74) is 0.962. The van der Waals surface area contributed by atoms with Crippen LogP contribution in [0.3, 0.4) is 0 Å². The van der Waals surface area contributed by atoms with Gasteiger partial charge in [0.2, 0.25) is 0 Å². The molecule has 0 heterocycles.